The largest absolute Gasteiger partial charge is 0.383 e. The molecule has 0 saturated heterocycles. The molecule has 0 fully saturated rings. The van der Waals surface area contributed by atoms with Gasteiger partial charge < -0.3 is 16.0 Å². The third-order valence-corrected chi connectivity index (χ3v) is 3.49. The van der Waals surface area contributed by atoms with Gasteiger partial charge in [-0.05, 0) is 29.8 Å². The van der Waals surface area contributed by atoms with Crippen LogP contribution in [0.15, 0.2) is 53.5 Å². The zero-order valence-corrected chi connectivity index (χ0v) is 11.7. The number of nitrogens with two attached hydrogens (primary N) is 1. The fourth-order valence-corrected chi connectivity index (χ4v) is 2.33. The Labute approximate surface area is 118 Å². The molecule has 0 radical (unpaired) electrons. The Morgan fingerprint density at radius 1 is 1.05 bits per heavy atom. The number of nitrogens with one attached hydrogen (secondary N) is 1. The van der Waals surface area contributed by atoms with Crippen molar-refractivity contribution >= 4 is 17.2 Å². The normalized spacial score (nSPS) is 16.9. The first-order valence-electron chi connectivity index (χ1n) is 6.61. The third kappa shape index (κ3) is 2.20. The van der Waals surface area contributed by atoms with Crippen LogP contribution in [0.1, 0.15) is 17.3 Å². The van der Waals surface area contributed by atoms with Crippen LogP contribution in [0, 0.1) is 0 Å². The van der Waals surface area contributed by atoms with Crippen molar-refractivity contribution in [3.63, 3.8) is 0 Å². The molecule has 20 heavy (non-hydrogen) atoms. The molecular formula is C16H18N4. The van der Waals surface area contributed by atoms with E-state index in [4.69, 9.17) is 5.73 Å². The van der Waals surface area contributed by atoms with Gasteiger partial charge in [0.05, 0.1) is 0 Å². The Balaban J connectivity index is 1.91. The molecule has 1 aliphatic rings. The zero-order chi connectivity index (χ0) is 14.1. The lowest BCUT2D eigenvalue weighted by atomic mass is 10.1. The van der Waals surface area contributed by atoms with Crippen LogP contribution >= 0.6 is 0 Å². The first-order valence-corrected chi connectivity index (χ1v) is 6.61. The maximum atomic E-state index is 6.05. The van der Waals surface area contributed by atoms with Gasteiger partial charge in [-0.15, -0.1) is 0 Å². The molecule has 0 amide bonds. The predicted octanol–water partition coefficient (Wildman–Crippen LogP) is 2.58. The minimum Gasteiger partial charge on any atom is -0.383 e. The molecule has 3 N–H and O–H groups in total. The highest BCUT2D eigenvalue weighted by Crippen LogP contribution is 2.29. The van der Waals surface area contributed by atoms with Crippen molar-refractivity contribution in [3.05, 3.63) is 59.7 Å². The summed E-state index contributed by atoms with van der Waals surface area (Å²) in [5, 5.41) is 3.41. The summed E-state index contributed by atoms with van der Waals surface area (Å²) in [6.45, 7) is 0. The van der Waals surface area contributed by atoms with Crippen molar-refractivity contribution in [2.24, 2.45) is 10.7 Å². The molecule has 102 valence electrons. The van der Waals surface area contributed by atoms with Crippen LogP contribution in [0.25, 0.3) is 0 Å². The second-order valence-electron chi connectivity index (χ2n) is 5.09. The van der Waals surface area contributed by atoms with Gasteiger partial charge in [-0.3, -0.25) is 0 Å². The number of amidine groups is 1. The highest BCUT2D eigenvalue weighted by atomic mass is 15.1. The molecule has 4 heteroatoms. The number of fused-ring (bicyclic) bond motifs is 1. The predicted molar refractivity (Wildman–Crippen MR) is 84.3 cm³/mol. The molecule has 1 aliphatic heterocycles. The minimum absolute atomic E-state index is 0.124. The van der Waals surface area contributed by atoms with Crippen molar-refractivity contribution in [3.8, 4) is 0 Å². The Morgan fingerprint density at radius 2 is 1.75 bits per heavy atom. The molecular weight excluding hydrogens is 248 g/mol. The van der Waals surface area contributed by atoms with E-state index in [-0.39, 0.29) is 6.17 Å². The van der Waals surface area contributed by atoms with Crippen LogP contribution in [-0.4, -0.2) is 19.9 Å². The second-order valence-corrected chi connectivity index (χ2v) is 5.09. The van der Waals surface area contributed by atoms with Crippen LogP contribution in [-0.2, 0) is 0 Å². The molecule has 0 aromatic heterocycles. The fourth-order valence-electron chi connectivity index (χ4n) is 2.33. The Hall–Kier alpha value is -2.49. The van der Waals surface area contributed by atoms with Crippen LogP contribution in [0.4, 0.5) is 11.4 Å². The monoisotopic (exact) mass is 266 g/mol. The van der Waals surface area contributed by atoms with Crippen molar-refractivity contribution in [1.29, 1.82) is 0 Å². The number of para-hydroxylation sites is 1. The molecule has 3 rings (SSSR count). The van der Waals surface area contributed by atoms with Gasteiger partial charge in [-0.25, -0.2) is 4.99 Å². The second kappa shape index (κ2) is 4.89. The molecule has 0 aliphatic carbocycles. The quantitative estimate of drug-likeness (QED) is 0.878. The Bertz CT molecular complexity index is 644. The lowest BCUT2D eigenvalue weighted by molar-refractivity contribution is 0.825. The zero-order valence-electron chi connectivity index (χ0n) is 11.7. The van der Waals surface area contributed by atoms with Gasteiger partial charge >= 0.3 is 0 Å². The fraction of sp³-hybridized carbons (Fsp3) is 0.188. The summed E-state index contributed by atoms with van der Waals surface area (Å²) in [6.07, 6.45) is -0.124. The standard InChI is InChI=1S/C16H18N4/c1-20(2)12-9-7-11(8-10-12)16-18-14-6-4-3-5-13(14)15(17)19-16/h3-10,16,18H,1-2H3,(H2,17,19). The first-order chi connectivity index (χ1) is 9.65. The average Bonchev–Trinajstić information content (AvgIpc) is 2.47. The van der Waals surface area contributed by atoms with E-state index in [0.717, 1.165) is 16.8 Å². The van der Waals surface area contributed by atoms with Gasteiger partial charge in [-0.2, -0.15) is 0 Å². The summed E-state index contributed by atoms with van der Waals surface area (Å²) in [5.74, 6) is 0.584. The number of hydrogen-bond donors (Lipinski definition) is 2. The minimum atomic E-state index is -0.124. The first kappa shape index (κ1) is 12.5. The van der Waals surface area contributed by atoms with E-state index >= 15 is 0 Å². The van der Waals surface area contributed by atoms with Crippen LogP contribution in [0.3, 0.4) is 0 Å². The van der Waals surface area contributed by atoms with Gasteiger partial charge in [0.1, 0.15) is 12.0 Å². The van der Waals surface area contributed by atoms with Gasteiger partial charge in [0.2, 0.25) is 0 Å². The number of hydrogen-bond acceptors (Lipinski definition) is 4. The summed E-state index contributed by atoms with van der Waals surface area (Å²) in [7, 11) is 4.06. The highest BCUT2D eigenvalue weighted by Gasteiger charge is 2.19. The van der Waals surface area contributed by atoms with E-state index in [1.807, 2.05) is 38.4 Å². The molecule has 2 aromatic rings. The van der Waals surface area contributed by atoms with Gasteiger partial charge in [0.15, 0.2) is 0 Å². The highest BCUT2D eigenvalue weighted by molar-refractivity contribution is 6.03. The lowest BCUT2D eigenvalue weighted by Gasteiger charge is -2.24. The number of benzene rings is 2. The Kier molecular flexibility index (Phi) is 3.06. The van der Waals surface area contributed by atoms with Gasteiger partial charge in [0, 0.05) is 31.0 Å². The summed E-state index contributed by atoms with van der Waals surface area (Å²) < 4.78 is 0. The molecule has 0 saturated carbocycles. The number of aliphatic imine (C=N–C) groups is 1. The average molecular weight is 266 g/mol. The maximum Gasteiger partial charge on any atom is 0.147 e. The smallest absolute Gasteiger partial charge is 0.147 e. The van der Waals surface area contributed by atoms with Crippen molar-refractivity contribution in [2.75, 3.05) is 24.3 Å². The summed E-state index contributed by atoms with van der Waals surface area (Å²) >= 11 is 0. The molecule has 0 bridgehead atoms. The summed E-state index contributed by atoms with van der Waals surface area (Å²) in [4.78, 5) is 6.61. The topological polar surface area (TPSA) is 53.6 Å². The van der Waals surface area contributed by atoms with Crippen LogP contribution in [0.2, 0.25) is 0 Å². The van der Waals surface area contributed by atoms with E-state index < -0.39 is 0 Å². The number of anilines is 2. The van der Waals surface area contributed by atoms with Gasteiger partial charge in [0.25, 0.3) is 0 Å². The summed E-state index contributed by atoms with van der Waals surface area (Å²) in [5.41, 5.74) is 10.3. The molecule has 2 aromatic carbocycles. The van der Waals surface area contributed by atoms with Crippen molar-refractivity contribution in [2.45, 2.75) is 6.17 Å². The van der Waals surface area contributed by atoms with E-state index in [1.165, 1.54) is 5.69 Å². The van der Waals surface area contributed by atoms with Crippen molar-refractivity contribution < 1.29 is 0 Å². The molecule has 1 atom stereocenters. The molecule has 1 unspecified atom stereocenters. The van der Waals surface area contributed by atoms with Crippen LogP contribution in [0.5, 0.6) is 0 Å². The number of nitrogens with zero attached hydrogens (tertiary/aromatic N) is 2. The summed E-state index contributed by atoms with van der Waals surface area (Å²) in [6, 6.07) is 16.3. The Morgan fingerprint density at radius 3 is 2.45 bits per heavy atom. The third-order valence-electron chi connectivity index (χ3n) is 3.49. The van der Waals surface area contributed by atoms with E-state index in [1.54, 1.807) is 0 Å². The van der Waals surface area contributed by atoms with E-state index in [0.29, 0.717) is 5.84 Å². The van der Waals surface area contributed by atoms with Gasteiger partial charge in [-0.1, -0.05) is 24.3 Å². The van der Waals surface area contributed by atoms with E-state index in [2.05, 4.69) is 39.5 Å². The van der Waals surface area contributed by atoms with E-state index in [9.17, 15) is 0 Å². The molecule has 0 spiro atoms. The van der Waals surface area contributed by atoms with Crippen LogP contribution < -0.4 is 16.0 Å². The SMILES string of the molecule is CN(C)c1ccc(C2N=C(N)c3ccccc3N2)cc1. The molecule has 4 nitrogen and oxygen atoms in total. The van der Waals surface area contributed by atoms with Crippen molar-refractivity contribution in [1.82, 2.24) is 0 Å². The number of rotatable bonds is 2. The molecule has 1 heterocycles. The lowest BCUT2D eigenvalue weighted by Crippen LogP contribution is -2.25. The maximum absolute atomic E-state index is 6.05.